The van der Waals surface area contributed by atoms with Crippen molar-refractivity contribution in [2.45, 2.75) is 26.4 Å². The smallest absolute Gasteiger partial charge is 0.260 e. The van der Waals surface area contributed by atoms with Gasteiger partial charge in [-0.2, -0.15) is 0 Å². The predicted octanol–water partition coefficient (Wildman–Crippen LogP) is 3.09. The number of aromatic nitrogens is 3. The van der Waals surface area contributed by atoms with Crippen molar-refractivity contribution in [2.75, 3.05) is 10.6 Å². The van der Waals surface area contributed by atoms with Gasteiger partial charge in [-0.15, -0.1) is 0 Å². The van der Waals surface area contributed by atoms with E-state index < -0.39 is 6.17 Å². The summed E-state index contributed by atoms with van der Waals surface area (Å²) in [6, 6.07) is 11.4. The highest BCUT2D eigenvalue weighted by Crippen LogP contribution is 2.25. The summed E-state index contributed by atoms with van der Waals surface area (Å²) >= 11 is 0. The Morgan fingerprint density at radius 2 is 2.00 bits per heavy atom. The van der Waals surface area contributed by atoms with Gasteiger partial charge in [-0.05, 0) is 49.7 Å². The van der Waals surface area contributed by atoms with E-state index in [2.05, 4.69) is 25.6 Å². The van der Waals surface area contributed by atoms with Crippen LogP contribution >= 0.6 is 0 Å². The minimum Gasteiger partial charge on any atom is -0.326 e. The van der Waals surface area contributed by atoms with Gasteiger partial charge in [0.15, 0.2) is 6.17 Å². The summed E-state index contributed by atoms with van der Waals surface area (Å²) in [6.45, 7) is 3.74. The van der Waals surface area contributed by atoms with E-state index in [1.807, 2.05) is 26.0 Å². The number of benzene rings is 1. The third kappa shape index (κ3) is 3.24. The van der Waals surface area contributed by atoms with Crippen molar-refractivity contribution < 1.29 is 4.39 Å². The van der Waals surface area contributed by atoms with Crippen LogP contribution in [0.25, 0.3) is 0 Å². The van der Waals surface area contributed by atoms with E-state index in [1.54, 1.807) is 24.4 Å². The molecule has 0 saturated carbocycles. The number of nitrogens with zero attached hydrogens (tertiary/aromatic N) is 4. The van der Waals surface area contributed by atoms with Gasteiger partial charge in [0.25, 0.3) is 5.56 Å². The highest BCUT2D eigenvalue weighted by molar-refractivity contribution is 6.03. The van der Waals surface area contributed by atoms with Crippen LogP contribution < -0.4 is 16.2 Å². The van der Waals surface area contributed by atoms with Crippen LogP contribution in [0.2, 0.25) is 0 Å². The number of aryl methyl sites for hydroxylation is 1. The lowest BCUT2D eigenvalue weighted by atomic mass is 10.2. The molecule has 0 amide bonds. The molecule has 0 aliphatic carbocycles. The second kappa shape index (κ2) is 7.22. The number of fused-ring (bicyclic) bond motifs is 1. The molecule has 1 atom stereocenters. The van der Waals surface area contributed by atoms with Gasteiger partial charge in [-0.25, -0.2) is 18.9 Å². The molecule has 0 saturated heterocycles. The normalized spacial score (nSPS) is 15.4. The van der Waals surface area contributed by atoms with E-state index in [-0.39, 0.29) is 11.4 Å². The number of hydrogen-bond donors (Lipinski definition) is 2. The number of pyridine rings is 1. The zero-order valence-corrected chi connectivity index (χ0v) is 15.5. The zero-order chi connectivity index (χ0) is 19.7. The summed E-state index contributed by atoms with van der Waals surface area (Å²) in [4.78, 5) is 26.7. The Kier molecular flexibility index (Phi) is 4.60. The minimum atomic E-state index is -0.661. The van der Waals surface area contributed by atoms with E-state index in [9.17, 15) is 9.18 Å². The number of guanidine groups is 1. The molecule has 1 aliphatic rings. The second-order valence-electron chi connectivity index (χ2n) is 6.39. The van der Waals surface area contributed by atoms with Crippen molar-refractivity contribution in [3.05, 3.63) is 81.8 Å². The molecule has 2 aromatic heterocycles. The molecule has 0 unspecified atom stereocenters. The molecular formula is C20H19FN6O. The number of nitrogens with one attached hydrogen (secondary N) is 2. The van der Waals surface area contributed by atoms with Gasteiger partial charge in [0.1, 0.15) is 5.82 Å². The van der Waals surface area contributed by atoms with Crippen LogP contribution in [-0.2, 0) is 6.42 Å². The van der Waals surface area contributed by atoms with Gasteiger partial charge >= 0.3 is 0 Å². The standard InChI is InChI=1S/C20H19FN6O/c1-3-15-12(2)23-20-26-19(24-14-9-7-13(21)8-10-14)25-17(27(20)18(15)28)16-6-4-5-11-22-16/h4-11,17H,3H2,1-2H3,(H2,23,24,25,26)/t17-/m1/s1. The van der Waals surface area contributed by atoms with Gasteiger partial charge in [-0.3, -0.25) is 15.1 Å². The summed E-state index contributed by atoms with van der Waals surface area (Å²) in [5.74, 6) is 0.463. The zero-order valence-electron chi connectivity index (χ0n) is 15.5. The van der Waals surface area contributed by atoms with Crippen LogP contribution in [0.15, 0.2) is 58.4 Å². The molecule has 1 aliphatic heterocycles. The first-order valence-electron chi connectivity index (χ1n) is 8.97. The van der Waals surface area contributed by atoms with Crippen molar-refractivity contribution in [2.24, 2.45) is 4.99 Å². The quantitative estimate of drug-likeness (QED) is 0.732. The molecule has 0 fully saturated rings. The number of anilines is 2. The van der Waals surface area contributed by atoms with Crippen LogP contribution in [0.1, 0.15) is 30.0 Å². The molecule has 1 aromatic carbocycles. The molecule has 4 rings (SSSR count). The van der Waals surface area contributed by atoms with E-state index in [0.717, 1.165) is 0 Å². The largest absolute Gasteiger partial charge is 0.326 e. The number of halogens is 1. The molecule has 2 N–H and O–H groups in total. The van der Waals surface area contributed by atoms with Crippen LogP contribution in [0, 0.1) is 12.7 Å². The summed E-state index contributed by atoms with van der Waals surface area (Å²) in [5, 5.41) is 6.17. The van der Waals surface area contributed by atoms with Crippen LogP contribution in [-0.4, -0.2) is 20.5 Å². The molecule has 0 radical (unpaired) electrons. The lowest BCUT2D eigenvalue weighted by molar-refractivity contribution is 0.557. The second-order valence-corrected chi connectivity index (χ2v) is 6.39. The van der Waals surface area contributed by atoms with Gasteiger partial charge < -0.3 is 5.32 Å². The minimum absolute atomic E-state index is 0.141. The Hall–Kier alpha value is -3.55. The van der Waals surface area contributed by atoms with Crippen molar-refractivity contribution in [3.63, 3.8) is 0 Å². The third-order valence-electron chi connectivity index (χ3n) is 4.55. The third-order valence-corrected chi connectivity index (χ3v) is 4.55. The SMILES string of the molecule is CCc1c(C)nc2n(c1=O)[C@H](c1ccccn1)N=C(Nc1ccc(F)cc1)N2. The number of rotatable bonds is 3. The number of hydrogen-bond acceptors (Lipinski definition) is 6. The summed E-state index contributed by atoms with van der Waals surface area (Å²) in [7, 11) is 0. The first kappa shape index (κ1) is 17.8. The Balaban J connectivity index is 1.82. The monoisotopic (exact) mass is 378 g/mol. The highest BCUT2D eigenvalue weighted by atomic mass is 19.1. The maximum absolute atomic E-state index is 13.2. The first-order chi connectivity index (χ1) is 13.6. The molecule has 142 valence electrons. The molecule has 3 heterocycles. The fraction of sp³-hybridized carbons (Fsp3) is 0.200. The molecule has 0 spiro atoms. The fourth-order valence-corrected chi connectivity index (χ4v) is 3.18. The van der Waals surface area contributed by atoms with E-state index in [1.165, 1.54) is 16.7 Å². The number of aliphatic imine (C=N–C) groups is 1. The summed E-state index contributed by atoms with van der Waals surface area (Å²) < 4.78 is 14.7. The molecule has 28 heavy (non-hydrogen) atoms. The van der Waals surface area contributed by atoms with Crippen molar-refractivity contribution in [1.82, 2.24) is 14.5 Å². The fourth-order valence-electron chi connectivity index (χ4n) is 3.18. The van der Waals surface area contributed by atoms with E-state index in [4.69, 9.17) is 0 Å². The lowest BCUT2D eigenvalue weighted by Crippen LogP contribution is -2.39. The average molecular weight is 378 g/mol. The van der Waals surface area contributed by atoms with Crippen molar-refractivity contribution >= 4 is 17.6 Å². The summed E-state index contributed by atoms with van der Waals surface area (Å²) in [5.41, 5.74) is 2.46. The topological polar surface area (TPSA) is 84.2 Å². The molecule has 3 aromatic rings. The summed E-state index contributed by atoms with van der Waals surface area (Å²) in [6.07, 6.45) is 1.58. The Morgan fingerprint density at radius 1 is 1.21 bits per heavy atom. The van der Waals surface area contributed by atoms with Crippen LogP contribution in [0.4, 0.5) is 16.0 Å². The van der Waals surface area contributed by atoms with Crippen molar-refractivity contribution in [3.8, 4) is 0 Å². The Bertz CT molecular complexity index is 1090. The van der Waals surface area contributed by atoms with Gasteiger partial charge in [0.05, 0.1) is 5.69 Å². The molecule has 0 bridgehead atoms. The van der Waals surface area contributed by atoms with Gasteiger partial charge in [0, 0.05) is 23.1 Å². The van der Waals surface area contributed by atoms with E-state index >= 15 is 0 Å². The maximum atomic E-state index is 13.2. The lowest BCUT2D eigenvalue weighted by Gasteiger charge is -2.27. The molecule has 7 nitrogen and oxygen atoms in total. The Morgan fingerprint density at radius 3 is 2.68 bits per heavy atom. The van der Waals surface area contributed by atoms with E-state index in [0.29, 0.717) is 41.0 Å². The Labute approximate surface area is 161 Å². The van der Waals surface area contributed by atoms with Gasteiger partial charge in [0.2, 0.25) is 11.9 Å². The average Bonchev–Trinajstić information content (AvgIpc) is 2.70. The van der Waals surface area contributed by atoms with Crippen LogP contribution in [0.5, 0.6) is 0 Å². The van der Waals surface area contributed by atoms with Crippen LogP contribution in [0.3, 0.4) is 0 Å². The highest BCUT2D eigenvalue weighted by Gasteiger charge is 2.27. The van der Waals surface area contributed by atoms with Crippen molar-refractivity contribution in [1.29, 1.82) is 0 Å². The maximum Gasteiger partial charge on any atom is 0.260 e. The van der Waals surface area contributed by atoms with Gasteiger partial charge in [-0.1, -0.05) is 13.0 Å². The predicted molar refractivity (Wildman–Crippen MR) is 106 cm³/mol. The molecular weight excluding hydrogens is 359 g/mol. The first-order valence-corrected chi connectivity index (χ1v) is 8.97. The molecule has 8 heteroatoms.